The van der Waals surface area contributed by atoms with E-state index in [9.17, 15) is 0 Å². The van der Waals surface area contributed by atoms with Crippen LogP contribution in [-0.2, 0) is 0 Å². The molecule has 1 aromatic carbocycles. The summed E-state index contributed by atoms with van der Waals surface area (Å²) in [5.74, 6) is 0.846. The van der Waals surface area contributed by atoms with Crippen LogP contribution in [0, 0.1) is 0 Å². The summed E-state index contributed by atoms with van der Waals surface area (Å²) in [6.07, 6.45) is 5.31. The van der Waals surface area contributed by atoms with Crippen molar-refractivity contribution in [2.75, 3.05) is 0 Å². The zero-order valence-corrected chi connectivity index (χ0v) is 7.16. The topological polar surface area (TPSA) is 9.23 Å². The predicted octanol–water partition coefficient (Wildman–Crippen LogP) is 3.24. The fourth-order valence-corrected chi connectivity index (χ4v) is 0.829. The molecule has 0 aliphatic carbocycles. The monoisotopic (exact) mass is 160 g/mol. The van der Waals surface area contributed by atoms with Crippen molar-refractivity contribution < 1.29 is 4.74 Å². The average Bonchev–Trinajstić information content (AvgIpc) is 2.15. The second-order valence-electron chi connectivity index (χ2n) is 2.36. The molecular weight excluding hydrogens is 148 g/mol. The van der Waals surface area contributed by atoms with Gasteiger partial charge in [-0.1, -0.05) is 30.9 Å². The molecule has 0 saturated heterocycles. The Morgan fingerprint density at radius 2 is 1.92 bits per heavy atom. The van der Waals surface area contributed by atoms with Gasteiger partial charge in [-0.05, 0) is 24.6 Å². The Bertz CT molecular complexity index is 270. The summed E-state index contributed by atoms with van der Waals surface area (Å²) in [4.78, 5) is 0. The van der Waals surface area contributed by atoms with Gasteiger partial charge in [-0.2, -0.15) is 0 Å². The van der Waals surface area contributed by atoms with E-state index in [1.54, 1.807) is 12.3 Å². The van der Waals surface area contributed by atoms with E-state index < -0.39 is 0 Å². The van der Waals surface area contributed by atoms with Crippen LogP contribution in [0.1, 0.15) is 12.5 Å². The van der Waals surface area contributed by atoms with E-state index in [1.807, 2.05) is 37.3 Å². The number of benzene rings is 1. The minimum absolute atomic E-state index is 0.846. The summed E-state index contributed by atoms with van der Waals surface area (Å²) < 4.78 is 5.24. The van der Waals surface area contributed by atoms with Gasteiger partial charge < -0.3 is 4.74 Å². The van der Waals surface area contributed by atoms with Crippen LogP contribution in [0.5, 0.6) is 5.75 Å². The third-order valence-corrected chi connectivity index (χ3v) is 1.46. The first kappa shape index (κ1) is 8.60. The van der Waals surface area contributed by atoms with E-state index in [1.165, 1.54) is 0 Å². The van der Waals surface area contributed by atoms with Crippen molar-refractivity contribution in [3.05, 3.63) is 48.7 Å². The normalized spacial score (nSPS) is 10.1. The lowest BCUT2D eigenvalue weighted by atomic mass is 10.2. The van der Waals surface area contributed by atoms with E-state index >= 15 is 0 Å². The van der Waals surface area contributed by atoms with Crippen molar-refractivity contribution in [2.45, 2.75) is 6.92 Å². The molecule has 0 heterocycles. The Balaban J connectivity index is 2.70. The zero-order valence-electron chi connectivity index (χ0n) is 7.16. The molecule has 62 valence electrons. The van der Waals surface area contributed by atoms with E-state index in [0.717, 1.165) is 11.3 Å². The first-order chi connectivity index (χ1) is 5.86. The molecule has 0 aromatic heterocycles. The molecule has 1 nitrogen and oxygen atoms in total. The molecule has 0 aliphatic rings. The summed E-state index contributed by atoms with van der Waals surface area (Å²) >= 11 is 0. The predicted molar refractivity (Wildman–Crippen MR) is 52.0 cm³/mol. The van der Waals surface area contributed by atoms with Crippen molar-refractivity contribution in [1.29, 1.82) is 0 Å². The molecule has 1 aromatic rings. The number of allylic oxidation sites excluding steroid dienone is 1. The minimum atomic E-state index is 0.846. The molecule has 0 fully saturated rings. The number of ether oxygens (including phenoxy) is 1. The molecule has 1 rings (SSSR count). The van der Waals surface area contributed by atoms with Gasteiger partial charge in [0.25, 0.3) is 0 Å². The van der Waals surface area contributed by atoms with Crippen LogP contribution in [0.4, 0.5) is 0 Å². The van der Waals surface area contributed by atoms with Crippen LogP contribution in [0.25, 0.3) is 6.08 Å². The first-order valence-corrected chi connectivity index (χ1v) is 3.87. The van der Waals surface area contributed by atoms with Gasteiger partial charge >= 0.3 is 0 Å². The molecule has 12 heavy (non-hydrogen) atoms. The van der Waals surface area contributed by atoms with Crippen molar-refractivity contribution in [3.63, 3.8) is 0 Å². The SMILES string of the molecule is C=Cc1ccc(OC=CC)cc1. The van der Waals surface area contributed by atoms with Gasteiger partial charge in [-0.15, -0.1) is 0 Å². The second kappa shape index (κ2) is 4.39. The quantitative estimate of drug-likeness (QED) is 0.617. The standard InChI is InChI=1S/C11H12O/c1-3-9-12-11-7-5-10(4-2)6-8-11/h3-9H,2H2,1H3. The highest BCUT2D eigenvalue weighted by Gasteiger charge is 1.88. The first-order valence-electron chi connectivity index (χ1n) is 3.87. The summed E-state index contributed by atoms with van der Waals surface area (Å²) in [6.45, 7) is 5.58. The van der Waals surface area contributed by atoms with E-state index in [-0.39, 0.29) is 0 Å². The molecule has 0 amide bonds. The van der Waals surface area contributed by atoms with Crippen LogP contribution >= 0.6 is 0 Å². The maximum atomic E-state index is 5.24. The molecule has 1 heteroatoms. The van der Waals surface area contributed by atoms with Crippen LogP contribution in [-0.4, -0.2) is 0 Å². The molecule has 0 atom stereocenters. The smallest absolute Gasteiger partial charge is 0.126 e. The molecule has 0 radical (unpaired) electrons. The van der Waals surface area contributed by atoms with E-state index in [4.69, 9.17) is 4.74 Å². The van der Waals surface area contributed by atoms with Gasteiger partial charge in [0, 0.05) is 0 Å². The highest BCUT2D eigenvalue weighted by molar-refractivity contribution is 5.48. The van der Waals surface area contributed by atoms with Crippen molar-refractivity contribution >= 4 is 6.08 Å². The lowest BCUT2D eigenvalue weighted by Crippen LogP contribution is -1.80. The lowest BCUT2D eigenvalue weighted by Gasteiger charge is -1.99. The Labute approximate surface area is 73.0 Å². The van der Waals surface area contributed by atoms with E-state index in [2.05, 4.69) is 6.58 Å². The minimum Gasteiger partial charge on any atom is -0.465 e. The molecule has 0 N–H and O–H groups in total. The van der Waals surface area contributed by atoms with Crippen LogP contribution in [0.3, 0.4) is 0 Å². The van der Waals surface area contributed by atoms with Gasteiger partial charge in [-0.3, -0.25) is 0 Å². The fraction of sp³-hybridized carbons (Fsp3) is 0.0909. The summed E-state index contributed by atoms with van der Waals surface area (Å²) in [7, 11) is 0. The largest absolute Gasteiger partial charge is 0.465 e. The maximum Gasteiger partial charge on any atom is 0.126 e. The highest BCUT2D eigenvalue weighted by atomic mass is 16.5. The second-order valence-corrected chi connectivity index (χ2v) is 2.36. The van der Waals surface area contributed by atoms with Gasteiger partial charge in [-0.25, -0.2) is 0 Å². The van der Waals surface area contributed by atoms with Gasteiger partial charge in [0.2, 0.25) is 0 Å². The Morgan fingerprint density at radius 1 is 1.25 bits per heavy atom. The van der Waals surface area contributed by atoms with Crippen LogP contribution < -0.4 is 4.74 Å². The third-order valence-electron chi connectivity index (χ3n) is 1.46. The lowest BCUT2D eigenvalue weighted by molar-refractivity contribution is 0.480. The molecule has 0 aliphatic heterocycles. The Morgan fingerprint density at radius 3 is 2.42 bits per heavy atom. The number of hydrogen-bond donors (Lipinski definition) is 0. The summed E-state index contributed by atoms with van der Waals surface area (Å²) in [5, 5.41) is 0. The molecule has 0 spiro atoms. The molecule has 0 saturated carbocycles. The highest BCUT2D eigenvalue weighted by Crippen LogP contribution is 2.12. The van der Waals surface area contributed by atoms with Crippen molar-refractivity contribution in [3.8, 4) is 5.75 Å². The molecule has 0 bridgehead atoms. The fourth-order valence-electron chi connectivity index (χ4n) is 0.829. The van der Waals surface area contributed by atoms with Crippen LogP contribution in [0.2, 0.25) is 0 Å². The summed E-state index contributed by atoms with van der Waals surface area (Å²) in [5.41, 5.74) is 1.10. The molecular formula is C11H12O. The van der Waals surface area contributed by atoms with Crippen LogP contribution in [0.15, 0.2) is 43.2 Å². The number of hydrogen-bond acceptors (Lipinski definition) is 1. The summed E-state index contributed by atoms with van der Waals surface area (Å²) in [6, 6.07) is 7.76. The number of rotatable bonds is 3. The van der Waals surface area contributed by atoms with Crippen molar-refractivity contribution in [2.24, 2.45) is 0 Å². The van der Waals surface area contributed by atoms with Gasteiger partial charge in [0.1, 0.15) is 5.75 Å². The molecule has 0 unspecified atom stereocenters. The van der Waals surface area contributed by atoms with Crippen molar-refractivity contribution in [1.82, 2.24) is 0 Å². The third kappa shape index (κ3) is 2.27. The Hall–Kier alpha value is -1.50. The average molecular weight is 160 g/mol. The Kier molecular flexibility index (Phi) is 3.15. The van der Waals surface area contributed by atoms with Gasteiger partial charge in [0.15, 0.2) is 0 Å². The zero-order chi connectivity index (χ0) is 8.81. The van der Waals surface area contributed by atoms with Gasteiger partial charge in [0.05, 0.1) is 6.26 Å². The van der Waals surface area contributed by atoms with E-state index in [0.29, 0.717) is 0 Å². The maximum absolute atomic E-state index is 5.24.